The van der Waals surface area contributed by atoms with E-state index in [1.54, 1.807) is 13.4 Å². The van der Waals surface area contributed by atoms with Crippen molar-refractivity contribution < 1.29 is 0 Å². The van der Waals surface area contributed by atoms with Gasteiger partial charge in [-0.15, -0.1) is 34.2 Å². The fraction of sp³-hybridized carbons (Fsp3) is 0.318. The van der Waals surface area contributed by atoms with Crippen LogP contribution in [0.25, 0.3) is 5.69 Å². The third-order valence-corrected chi connectivity index (χ3v) is 4.71. The molecule has 8 heteroatoms. The molecule has 2 aromatic carbocycles. The SMILES string of the molecule is CCN(CCNC(=NC)NCc1nncn1-c1ccccc1)c1cccc(C)c1.I. The first kappa shape index (κ1) is 23.7. The lowest BCUT2D eigenvalue weighted by Gasteiger charge is -2.24. The summed E-state index contributed by atoms with van der Waals surface area (Å²) in [4.78, 5) is 6.66. The predicted octanol–water partition coefficient (Wildman–Crippen LogP) is 3.39. The molecule has 0 radical (unpaired) electrons. The van der Waals surface area contributed by atoms with Crippen LogP contribution in [0.3, 0.4) is 0 Å². The summed E-state index contributed by atoms with van der Waals surface area (Å²) < 4.78 is 1.97. The first-order valence-corrected chi connectivity index (χ1v) is 9.91. The van der Waals surface area contributed by atoms with Crippen LogP contribution < -0.4 is 15.5 Å². The van der Waals surface area contributed by atoms with E-state index in [0.717, 1.165) is 37.1 Å². The standard InChI is InChI=1S/C22H29N7.HI/c1-4-28(20-12-8-9-18(2)15-20)14-13-24-22(23-3)25-16-21-27-26-17-29(21)19-10-6-5-7-11-19;/h5-12,15,17H,4,13-14,16H2,1-3H3,(H2,23,24,25);1H. The summed E-state index contributed by atoms with van der Waals surface area (Å²) in [5.74, 6) is 1.57. The number of benzene rings is 2. The molecule has 0 unspecified atom stereocenters. The van der Waals surface area contributed by atoms with Crippen molar-refractivity contribution in [3.8, 4) is 5.69 Å². The van der Waals surface area contributed by atoms with Crippen LogP contribution in [0.1, 0.15) is 18.3 Å². The molecule has 0 saturated heterocycles. The maximum absolute atomic E-state index is 4.32. The molecule has 3 rings (SSSR count). The average Bonchev–Trinajstić information content (AvgIpc) is 3.22. The third kappa shape index (κ3) is 6.45. The highest BCUT2D eigenvalue weighted by molar-refractivity contribution is 14.0. The summed E-state index contributed by atoms with van der Waals surface area (Å²) in [6, 6.07) is 18.6. The number of rotatable bonds is 8. The van der Waals surface area contributed by atoms with Crippen molar-refractivity contribution in [2.75, 3.05) is 31.6 Å². The lowest BCUT2D eigenvalue weighted by atomic mass is 10.2. The number of aryl methyl sites for hydroxylation is 1. The predicted molar refractivity (Wildman–Crippen MR) is 134 cm³/mol. The first-order valence-electron chi connectivity index (χ1n) is 9.91. The van der Waals surface area contributed by atoms with Gasteiger partial charge in [0.15, 0.2) is 11.8 Å². The molecule has 3 aromatic rings. The zero-order valence-corrected chi connectivity index (χ0v) is 20.1. The molecule has 0 aliphatic carbocycles. The van der Waals surface area contributed by atoms with Gasteiger partial charge in [-0.3, -0.25) is 9.56 Å². The van der Waals surface area contributed by atoms with E-state index in [1.807, 2.05) is 34.9 Å². The second kappa shape index (κ2) is 12.2. The Labute approximate surface area is 195 Å². The highest BCUT2D eigenvalue weighted by atomic mass is 127. The topological polar surface area (TPSA) is 70.4 Å². The monoisotopic (exact) mass is 519 g/mol. The molecule has 7 nitrogen and oxygen atoms in total. The Balaban J connectivity index is 0.00000320. The highest BCUT2D eigenvalue weighted by Crippen LogP contribution is 2.15. The van der Waals surface area contributed by atoms with E-state index in [4.69, 9.17) is 0 Å². The molecular formula is C22H30IN7. The molecule has 0 bridgehead atoms. The summed E-state index contributed by atoms with van der Waals surface area (Å²) in [5.41, 5.74) is 3.55. The van der Waals surface area contributed by atoms with Crippen molar-refractivity contribution in [1.29, 1.82) is 0 Å². The van der Waals surface area contributed by atoms with E-state index < -0.39 is 0 Å². The van der Waals surface area contributed by atoms with E-state index >= 15 is 0 Å². The molecule has 30 heavy (non-hydrogen) atoms. The largest absolute Gasteiger partial charge is 0.370 e. The van der Waals surface area contributed by atoms with Crippen molar-refractivity contribution in [2.45, 2.75) is 20.4 Å². The van der Waals surface area contributed by atoms with Gasteiger partial charge in [0.05, 0.1) is 6.54 Å². The normalized spacial score (nSPS) is 11.0. The third-order valence-electron chi connectivity index (χ3n) is 4.71. The van der Waals surface area contributed by atoms with Gasteiger partial charge in [0.2, 0.25) is 0 Å². The van der Waals surface area contributed by atoms with E-state index in [2.05, 4.69) is 68.8 Å². The van der Waals surface area contributed by atoms with Crippen molar-refractivity contribution >= 4 is 35.6 Å². The molecule has 160 valence electrons. The van der Waals surface area contributed by atoms with Crippen molar-refractivity contribution in [2.24, 2.45) is 4.99 Å². The zero-order valence-electron chi connectivity index (χ0n) is 17.7. The molecular weight excluding hydrogens is 489 g/mol. The second-order valence-corrected chi connectivity index (χ2v) is 6.72. The fourth-order valence-corrected chi connectivity index (χ4v) is 3.17. The van der Waals surface area contributed by atoms with Gasteiger partial charge in [0.1, 0.15) is 6.33 Å². The summed E-state index contributed by atoms with van der Waals surface area (Å²) in [6.45, 7) is 7.45. The number of halogens is 1. The molecule has 0 saturated carbocycles. The second-order valence-electron chi connectivity index (χ2n) is 6.72. The Morgan fingerprint density at radius 1 is 1.10 bits per heavy atom. The molecule has 1 heterocycles. The van der Waals surface area contributed by atoms with Gasteiger partial charge in [0.25, 0.3) is 0 Å². The van der Waals surface area contributed by atoms with Crippen LogP contribution in [0, 0.1) is 6.92 Å². The van der Waals surface area contributed by atoms with Gasteiger partial charge in [-0.25, -0.2) is 0 Å². The van der Waals surface area contributed by atoms with Gasteiger partial charge in [-0.2, -0.15) is 0 Å². The van der Waals surface area contributed by atoms with Crippen LogP contribution in [-0.2, 0) is 6.54 Å². The number of hydrogen-bond acceptors (Lipinski definition) is 4. The van der Waals surface area contributed by atoms with Gasteiger partial charge in [0, 0.05) is 38.1 Å². The maximum atomic E-state index is 4.32. The van der Waals surface area contributed by atoms with E-state index in [-0.39, 0.29) is 24.0 Å². The number of hydrogen-bond donors (Lipinski definition) is 2. The van der Waals surface area contributed by atoms with Crippen molar-refractivity contribution in [1.82, 2.24) is 25.4 Å². The number of para-hydroxylation sites is 1. The lowest BCUT2D eigenvalue weighted by Crippen LogP contribution is -2.41. The van der Waals surface area contributed by atoms with Gasteiger partial charge < -0.3 is 15.5 Å². The molecule has 0 spiro atoms. The number of nitrogens with zero attached hydrogens (tertiary/aromatic N) is 5. The van der Waals surface area contributed by atoms with E-state index in [9.17, 15) is 0 Å². The minimum atomic E-state index is 0. The Kier molecular flexibility index (Phi) is 9.59. The Hall–Kier alpha value is -2.62. The molecule has 0 aliphatic heterocycles. The van der Waals surface area contributed by atoms with Gasteiger partial charge in [-0.1, -0.05) is 30.3 Å². The summed E-state index contributed by atoms with van der Waals surface area (Å²) in [6.07, 6.45) is 1.73. The van der Waals surface area contributed by atoms with E-state index in [1.165, 1.54) is 11.3 Å². The Morgan fingerprint density at radius 3 is 2.60 bits per heavy atom. The molecule has 0 aliphatic rings. The van der Waals surface area contributed by atoms with Crippen molar-refractivity contribution in [3.05, 3.63) is 72.3 Å². The zero-order chi connectivity index (χ0) is 20.5. The number of anilines is 1. The van der Waals surface area contributed by atoms with Gasteiger partial charge >= 0.3 is 0 Å². The fourth-order valence-electron chi connectivity index (χ4n) is 3.17. The maximum Gasteiger partial charge on any atom is 0.191 e. The van der Waals surface area contributed by atoms with Crippen LogP contribution in [-0.4, -0.2) is 47.4 Å². The summed E-state index contributed by atoms with van der Waals surface area (Å²) in [5, 5.41) is 15.0. The molecule has 0 fully saturated rings. The number of guanidine groups is 1. The Morgan fingerprint density at radius 2 is 1.90 bits per heavy atom. The van der Waals surface area contributed by atoms with Crippen LogP contribution >= 0.6 is 24.0 Å². The van der Waals surface area contributed by atoms with Crippen molar-refractivity contribution in [3.63, 3.8) is 0 Å². The molecule has 0 atom stereocenters. The number of aromatic nitrogens is 3. The minimum Gasteiger partial charge on any atom is -0.370 e. The number of nitrogens with one attached hydrogen (secondary N) is 2. The number of aliphatic imine (C=N–C) groups is 1. The molecule has 2 N–H and O–H groups in total. The van der Waals surface area contributed by atoms with Crippen LogP contribution in [0.15, 0.2) is 65.9 Å². The Bertz CT molecular complexity index is 924. The van der Waals surface area contributed by atoms with Crippen LogP contribution in [0.5, 0.6) is 0 Å². The quantitative estimate of drug-likeness (QED) is 0.271. The van der Waals surface area contributed by atoms with Gasteiger partial charge in [-0.05, 0) is 43.7 Å². The van der Waals surface area contributed by atoms with Crippen LogP contribution in [0.2, 0.25) is 0 Å². The number of likely N-dealkylation sites (N-methyl/N-ethyl adjacent to an activating group) is 1. The first-order chi connectivity index (χ1) is 14.2. The highest BCUT2D eigenvalue weighted by Gasteiger charge is 2.08. The van der Waals surface area contributed by atoms with E-state index in [0.29, 0.717) is 6.54 Å². The lowest BCUT2D eigenvalue weighted by molar-refractivity contribution is 0.730. The minimum absolute atomic E-state index is 0. The summed E-state index contributed by atoms with van der Waals surface area (Å²) >= 11 is 0. The van der Waals surface area contributed by atoms with Crippen LogP contribution in [0.4, 0.5) is 5.69 Å². The summed E-state index contributed by atoms with van der Waals surface area (Å²) in [7, 11) is 1.77. The molecule has 0 amide bonds. The molecule has 1 aromatic heterocycles. The smallest absolute Gasteiger partial charge is 0.191 e. The average molecular weight is 519 g/mol.